The van der Waals surface area contributed by atoms with Crippen molar-refractivity contribution in [3.8, 4) is 0 Å². The molecule has 0 nitrogen and oxygen atoms in total. The molecule has 13 heavy (non-hydrogen) atoms. The van der Waals surface area contributed by atoms with Crippen LogP contribution in [0.2, 0.25) is 0 Å². The second-order valence-electron chi connectivity index (χ2n) is 4.74. The van der Waals surface area contributed by atoms with Crippen LogP contribution in [-0.4, -0.2) is 0 Å². The lowest BCUT2D eigenvalue weighted by atomic mass is 9.88. The summed E-state index contributed by atoms with van der Waals surface area (Å²) in [6.45, 7) is 11.4. The second kappa shape index (κ2) is 3.69. The zero-order valence-corrected chi connectivity index (χ0v) is 9.70. The normalized spacial score (nSPS) is 20.8. The van der Waals surface area contributed by atoms with Gasteiger partial charge in [-0.3, -0.25) is 0 Å². The van der Waals surface area contributed by atoms with Gasteiger partial charge >= 0.3 is 0 Å². The van der Waals surface area contributed by atoms with Crippen molar-refractivity contribution in [1.29, 1.82) is 0 Å². The van der Waals surface area contributed by atoms with E-state index in [0.29, 0.717) is 5.41 Å². The van der Waals surface area contributed by atoms with Crippen molar-refractivity contribution in [2.45, 2.75) is 53.9 Å². The first-order chi connectivity index (χ1) is 5.99. The highest BCUT2D eigenvalue weighted by Gasteiger charge is 2.26. The first-order valence-electron chi connectivity index (χ1n) is 5.39. The van der Waals surface area contributed by atoms with Crippen LogP contribution in [-0.2, 0) is 0 Å². The molecule has 0 aromatic carbocycles. The van der Waals surface area contributed by atoms with Crippen LogP contribution >= 0.6 is 0 Å². The van der Waals surface area contributed by atoms with Gasteiger partial charge in [-0.2, -0.15) is 0 Å². The molecule has 0 bridgehead atoms. The van der Waals surface area contributed by atoms with E-state index in [1.165, 1.54) is 19.3 Å². The van der Waals surface area contributed by atoms with Gasteiger partial charge in [0, 0.05) is 5.41 Å². The Labute approximate surface area is 82.7 Å². The van der Waals surface area contributed by atoms with Crippen LogP contribution in [0.25, 0.3) is 0 Å². The molecule has 0 radical (unpaired) electrons. The van der Waals surface area contributed by atoms with Crippen molar-refractivity contribution < 1.29 is 0 Å². The fraction of sp³-hybridized carbons (Fsp3) is 0.692. The molecule has 0 heteroatoms. The van der Waals surface area contributed by atoms with Gasteiger partial charge in [-0.1, -0.05) is 38.8 Å². The zero-order valence-electron chi connectivity index (χ0n) is 9.70. The fourth-order valence-corrected chi connectivity index (χ4v) is 2.00. The summed E-state index contributed by atoms with van der Waals surface area (Å²) in [5, 5.41) is 0. The molecule has 0 amide bonds. The first kappa shape index (κ1) is 10.6. The third-order valence-corrected chi connectivity index (χ3v) is 3.35. The lowest BCUT2D eigenvalue weighted by Crippen LogP contribution is -2.05. The van der Waals surface area contributed by atoms with Gasteiger partial charge in [0.25, 0.3) is 0 Å². The lowest BCUT2D eigenvalue weighted by Gasteiger charge is -2.17. The van der Waals surface area contributed by atoms with E-state index in [4.69, 9.17) is 0 Å². The van der Waals surface area contributed by atoms with Crippen molar-refractivity contribution in [2.75, 3.05) is 0 Å². The predicted molar refractivity (Wildman–Crippen MR) is 59.8 cm³/mol. The monoisotopic (exact) mass is 178 g/mol. The second-order valence-corrected chi connectivity index (χ2v) is 4.74. The molecule has 1 aliphatic carbocycles. The quantitative estimate of drug-likeness (QED) is 0.597. The smallest absolute Gasteiger partial charge is 0.00431 e. The van der Waals surface area contributed by atoms with Gasteiger partial charge in [-0.05, 0) is 37.8 Å². The van der Waals surface area contributed by atoms with E-state index < -0.39 is 0 Å². The molecule has 0 heterocycles. The van der Waals surface area contributed by atoms with Crippen molar-refractivity contribution >= 4 is 0 Å². The van der Waals surface area contributed by atoms with E-state index >= 15 is 0 Å². The SMILES string of the molecule is CCCCC1=CC(C)(C)C(C)=C1C. The molecule has 0 saturated carbocycles. The molecule has 1 aliphatic rings. The molecule has 0 N–H and O–H groups in total. The van der Waals surface area contributed by atoms with Gasteiger partial charge in [0.15, 0.2) is 0 Å². The molecular formula is C13H22. The topological polar surface area (TPSA) is 0 Å². The number of unbranched alkanes of at least 4 members (excludes halogenated alkanes) is 1. The maximum absolute atomic E-state index is 2.45. The molecule has 0 atom stereocenters. The Morgan fingerprint density at radius 1 is 1.23 bits per heavy atom. The van der Waals surface area contributed by atoms with Crippen LogP contribution in [0.1, 0.15) is 53.9 Å². The molecule has 0 aromatic rings. The van der Waals surface area contributed by atoms with Crippen LogP contribution in [0.4, 0.5) is 0 Å². The van der Waals surface area contributed by atoms with Gasteiger partial charge in [0.1, 0.15) is 0 Å². The summed E-state index contributed by atoms with van der Waals surface area (Å²) in [6, 6.07) is 0. The minimum atomic E-state index is 0.313. The first-order valence-corrected chi connectivity index (χ1v) is 5.39. The molecule has 0 fully saturated rings. The van der Waals surface area contributed by atoms with E-state index in [1.807, 2.05) is 0 Å². The minimum absolute atomic E-state index is 0.313. The third kappa shape index (κ3) is 2.04. The summed E-state index contributed by atoms with van der Waals surface area (Å²) >= 11 is 0. The van der Waals surface area contributed by atoms with Crippen LogP contribution in [0.15, 0.2) is 22.8 Å². The summed E-state index contributed by atoms with van der Waals surface area (Å²) in [5.41, 5.74) is 4.99. The molecule has 0 unspecified atom stereocenters. The molecule has 0 aliphatic heterocycles. The summed E-state index contributed by atoms with van der Waals surface area (Å²) < 4.78 is 0. The average Bonchev–Trinajstić information content (AvgIpc) is 2.26. The number of hydrogen-bond donors (Lipinski definition) is 0. The van der Waals surface area contributed by atoms with E-state index in [-0.39, 0.29) is 0 Å². The molecule has 0 spiro atoms. The standard InChI is InChI=1S/C13H22/c1-6-7-8-12-9-13(4,5)11(3)10(12)2/h9H,6-8H2,1-5H3. The Kier molecular flexibility index (Phi) is 3.00. The van der Waals surface area contributed by atoms with E-state index in [0.717, 1.165) is 0 Å². The van der Waals surface area contributed by atoms with Gasteiger partial charge in [0.05, 0.1) is 0 Å². The lowest BCUT2D eigenvalue weighted by molar-refractivity contribution is 0.586. The summed E-state index contributed by atoms with van der Waals surface area (Å²) in [6.07, 6.45) is 6.34. The molecule has 0 saturated heterocycles. The van der Waals surface area contributed by atoms with E-state index in [1.54, 1.807) is 16.7 Å². The Bertz CT molecular complexity index is 251. The van der Waals surface area contributed by atoms with Gasteiger partial charge in [0.2, 0.25) is 0 Å². The largest absolute Gasteiger partial charge is 0.0713 e. The summed E-state index contributed by atoms with van der Waals surface area (Å²) in [5.74, 6) is 0. The maximum Gasteiger partial charge on any atom is 0.00431 e. The summed E-state index contributed by atoms with van der Waals surface area (Å²) in [4.78, 5) is 0. The van der Waals surface area contributed by atoms with Crippen molar-refractivity contribution in [3.63, 3.8) is 0 Å². The van der Waals surface area contributed by atoms with Crippen LogP contribution in [0.3, 0.4) is 0 Å². The van der Waals surface area contributed by atoms with Gasteiger partial charge < -0.3 is 0 Å². The maximum atomic E-state index is 2.45. The zero-order chi connectivity index (χ0) is 10.1. The fourth-order valence-electron chi connectivity index (χ4n) is 2.00. The predicted octanol–water partition coefficient (Wildman–Crippen LogP) is 4.48. The molecule has 0 aromatic heterocycles. The number of rotatable bonds is 3. The molecular weight excluding hydrogens is 156 g/mol. The van der Waals surface area contributed by atoms with Crippen LogP contribution in [0.5, 0.6) is 0 Å². The number of allylic oxidation sites excluding steroid dienone is 4. The van der Waals surface area contributed by atoms with Crippen molar-refractivity contribution in [3.05, 3.63) is 22.8 Å². The average molecular weight is 178 g/mol. The Morgan fingerprint density at radius 3 is 2.23 bits per heavy atom. The number of hydrogen-bond acceptors (Lipinski definition) is 0. The Balaban J connectivity index is 2.79. The van der Waals surface area contributed by atoms with Crippen molar-refractivity contribution in [1.82, 2.24) is 0 Å². The highest BCUT2D eigenvalue weighted by Crippen LogP contribution is 2.41. The molecule has 74 valence electrons. The Hall–Kier alpha value is -0.520. The highest BCUT2D eigenvalue weighted by atomic mass is 14.3. The summed E-state index contributed by atoms with van der Waals surface area (Å²) in [7, 11) is 0. The van der Waals surface area contributed by atoms with Gasteiger partial charge in [-0.15, -0.1) is 0 Å². The third-order valence-electron chi connectivity index (χ3n) is 3.35. The van der Waals surface area contributed by atoms with Gasteiger partial charge in [-0.25, -0.2) is 0 Å². The van der Waals surface area contributed by atoms with Crippen molar-refractivity contribution in [2.24, 2.45) is 5.41 Å². The highest BCUT2D eigenvalue weighted by molar-refractivity contribution is 5.45. The Morgan fingerprint density at radius 2 is 1.85 bits per heavy atom. The van der Waals surface area contributed by atoms with Crippen LogP contribution in [0, 0.1) is 5.41 Å². The van der Waals surface area contributed by atoms with Crippen LogP contribution < -0.4 is 0 Å². The van der Waals surface area contributed by atoms with E-state index in [9.17, 15) is 0 Å². The van der Waals surface area contributed by atoms with E-state index in [2.05, 4.69) is 40.7 Å². The minimum Gasteiger partial charge on any atom is -0.0713 e. The molecule has 1 rings (SSSR count).